The lowest BCUT2D eigenvalue weighted by Gasteiger charge is -2.26. The highest BCUT2D eigenvalue weighted by Gasteiger charge is 2.12. The van der Waals surface area contributed by atoms with E-state index in [1.54, 1.807) is 19.1 Å². The topological polar surface area (TPSA) is 58.4 Å². The predicted molar refractivity (Wildman–Crippen MR) is 76.6 cm³/mol. The number of anilines is 1. The van der Waals surface area contributed by atoms with Crippen LogP contribution in [-0.4, -0.2) is 36.0 Å². The Morgan fingerprint density at radius 3 is 2.74 bits per heavy atom. The Balaban J connectivity index is 1.85. The van der Waals surface area contributed by atoms with E-state index in [1.165, 1.54) is 32.4 Å². The van der Waals surface area contributed by atoms with Gasteiger partial charge in [0, 0.05) is 30.4 Å². The average Bonchev–Trinajstić information content (AvgIpc) is 2.41. The second-order valence-electron chi connectivity index (χ2n) is 5.09. The Hall–Kier alpha value is -1.62. The van der Waals surface area contributed by atoms with Crippen LogP contribution in [0, 0.1) is 17.0 Å². The van der Waals surface area contributed by atoms with E-state index < -0.39 is 0 Å². The van der Waals surface area contributed by atoms with Crippen LogP contribution >= 0.6 is 0 Å². The molecule has 0 radical (unpaired) electrons. The molecule has 2 rings (SSSR count). The van der Waals surface area contributed by atoms with Gasteiger partial charge in [-0.25, -0.2) is 0 Å². The van der Waals surface area contributed by atoms with Crippen molar-refractivity contribution < 1.29 is 4.92 Å². The summed E-state index contributed by atoms with van der Waals surface area (Å²) in [4.78, 5) is 13.0. The summed E-state index contributed by atoms with van der Waals surface area (Å²) in [6.45, 7) is 5.95. The highest BCUT2D eigenvalue weighted by molar-refractivity contribution is 5.54. The molecule has 1 N–H and O–H groups in total. The van der Waals surface area contributed by atoms with Gasteiger partial charge in [-0.05, 0) is 38.9 Å². The first-order chi connectivity index (χ1) is 9.16. The smallest absolute Gasteiger partial charge is 0.274 e. The van der Waals surface area contributed by atoms with Crippen molar-refractivity contribution in [3.05, 3.63) is 33.9 Å². The van der Waals surface area contributed by atoms with Crippen LogP contribution in [0.15, 0.2) is 18.2 Å². The molecule has 0 atom stereocenters. The number of nitro groups is 1. The van der Waals surface area contributed by atoms with E-state index in [4.69, 9.17) is 0 Å². The van der Waals surface area contributed by atoms with Crippen molar-refractivity contribution in [2.75, 3.05) is 31.5 Å². The fourth-order valence-electron chi connectivity index (χ4n) is 2.46. The molecule has 1 fully saturated rings. The molecule has 1 saturated heterocycles. The van der Waals surface area contributed by atoms with Crippen LogP contribution in [0.4, 0.5) is 11.4 Å². The molecule has 104 valence electrons. The second kappa shape index (κ2) is 6.52. The van der Waals surface area contributed by atoms with Gasteiger partial charge in [0.25, 0.3) is 5.69 Å². The van der Waals surface area contributed by atoms with E-state index in [2.05, 4.69) is 10.2 Å². The molecule has 5 heteroatoms. The molecule has 0 aromatic heterocycles. The fourth-order valence-corrected chi connectivity index (χ4v) is 2.46. The van der Waals surface area contributed by atoms with Gasteiger partial charge in [-0.15, -0.1) is 0 Å². The Morgan fingerprint density at radius 2 is 2.05 bits per heavy atom. The number of likely N-dealkylation sites (tertiary alicyclic amines) is 1. The lowest BCUT2D eigenvalue weighted by molar-refractivity contribution is -0.385. The van der Waals surface area contributed by atoms with Gasteiger partial charge in [0.05, 0.1) is 4.92 Å². The van der Waals surface area contributed by atoms with Crippen LogP contribution in [0.2, 0.25) is 0 Å². The van der Waals surface area contributed by atoms with Crippen LogP contribution in [0.5, 0.6) is 0 Å². The summed E-state index contributed by atoms with van der Waals surface area (Å²) in [5.74, 6) is 0. The zero-order chi connectivity index (χ0) is 13.7. The molecule has 1 aliphatic rings. The minimum absolute atomic E-state index is 0.183. The van der Waals surface area contributed by atoms with E-state index in [-0.39, 0.29) is 10.6 Å². The maximum absolute atomic E-state index is 10.9. The van der Waals surface area contributed by atoms with Crippen LogP contribution in [0.25, 0.3) is 0 Å². The molecule has 1 heterocycles. The van der Waals surface area contributed by atoms with Crippen LogP contribution in [0.3, 0.4) is 0 Å². The van der Waals surface area contributed by atoms with Gasteiger partial charge in [0.15, 0.2) is 0 Å². The monoisotopic (exact) mass is 263 g/mol. The second-order valence-corrected chi connectivity index (χ2v) is 5.09. The molecular weight excluding hydrogens is 242 g/mol. The molecule has 1 aromatic carbocycles. The van der Waals surface area contributed by atoms with Crippen molar-refractivity contribution in [3.8, 4) is 0 Å². The van der Waals surface area contributed by atoms with E-state index in [0.29, 0.717) is 5.56 Å². The standard InChI is InChI=1S/C14H21N3O2/c1-12-5-6-13(11-14(12)17(18)19)15-7-10-16-8-3-2-4-9-16/h5-6,11,15H,2-4,7-10H2,1H3. The van der Waals surface area contributed by atoms with E-state index in [0.717, 1.165) is 18.8 Å². The summed E-state index contributed by atoms with van der Waals surface area (Å²) in [6.07, 6.45) is 3.92. The maximum Gasteiger partial charge on any atom is 0.274 e. The minimum atomic E-state index is -0.328. The molecule has 0 bridgehead atoms. The summed E-state index contributed by atoms with van der Waals surface area (Å²) in [5.41, 5.74) is 1.71. The van der Waals surface area contributed by atoms with Crippen LogP contribution in [-0.2, 0) is 0 Å². The number of piperidine rings is 1. The Kier molecular flexibility index (Phi) is 4.74. The van der Waals surface area contributed by atoms with Gasteiger partial charge in [-0.3, -0.25) is 10.1 Å². The molecule has 5 nitrogen and oxygen atoms in total. The van der Waals surface area contributed by atoms with Gasteiger partial charge in [0.2, 0.25) is 0 Å². The van der Waals surface area contributed by atoms with Crippen LogP contribution in [0.1, 0.15) is 24.8 Å². The number of hydrogen-bond acceptors (Lipinski definition) is 4. The number of nitrogens with one attached hydrogen (secondary N) is 1. The van der Waals surface area contributed by atoms with Crippen molar-refractivity contribution in [3.63, 3.8) is 0 Å². The first-order valence-corrected chi connectivity index (χ1v) is 6.88. The third-order valence-corrected chi connectivity index (χ3v) is 3.61. The van der Waals surface area contributed by atoms with Gasteiger partial charge < -0.3 is 10.2 Å². The van der Waals surface area contributed by atoms with Gasteiger partial charge >= 0.3 is 0 Å². The molecule has 0 spiro atoms. The van der Waals surface area contributed by atoms with Crippen molar-refractivity contribution in [2.45, 2.75) is 26.2 Å². The number of benzene rings is 1. The van der Waals surface area contributed by atoms with E-state index >= 15 is 0 Å². The molecule has 1 aliphatic heterocycles. The van der Waals surface area contributed by atoms with Gasteiger partial charge in [0.1, 0.15) is 0 Å². The van der Waals surface area contributed by atoms with Gasteiger partial charge in [-0.1, -0.05) is 12.5 Å². The summed E-state index contributed by atoms with van der Waals surface area (Å²) < 4.78 is 0. The SMILES string of the molecule is Cc1ccc(NCCN2CCCCC2)cc1[N+](=O)[O-]. The molecule has 0 aliphatic carbocycles. The number of rotatable bonds is 5. The number of nitrogens with zero attached hydrogens (tertiary/aromatic N) is 2. The van der Waals surface area contributed by atoms with E-state index in [9.17, 15) is 10.1 Å². The van der Waals surface area contributed by atoms with Crippen molar-refractivity contribution in [2.24, 2.45) is 0 Å². The number of hydrogen-bond donors (Lipinski definition) is 1. The molecule has 0 amide bonds. The Labute approximate surface area is 113 Å². The Bertz CT molecular complexity index is 442. The highest BCUT2D eigenvalue weighted by Crippen LogP contribution is 2.22. The summed E-state index contributed by atoms with van der Waals surface area (Å²) in [5, 5.41) is 14.1. The molecular formula is C14H21N3O2. The quantitative estimate of drug-likeness (QED) is 0.655. The summed E-state index contributed by atoms with van der Waals surface area (Å²) >= 11 is 0. The lowest BCUT2D eigenvalue weighted by atomic mass is 10.1. The largest absolute Gasteiger partial charge is 0.384 e. The van der Waals surface area contributed by atoms with Crippen LogP contribution < -0.4 is 5.32 Å². The fraction of sp³-hybridized carbons (Fsp3) is 0.571. The molecule has 0 unspecified atom stereocenters. The lowest BCUT2D eigenvalue weighted by Crippen LogP contribution is -2.33. The zero-order valence-electron chi connectivity index (χ0n) is 11.4. The van der Waals surface area contributed by atoms with Crippen molar-refractivity contribution >= 4 is 11.4 Å². The molecule has 19 heavy (non-hydrogen) atoms. The first-order valence-electron chi connectivity index (χ1n) is 6.88. The average molecular weight is 263 g/mol. The van der Waals surface area contributed by atoms with Crippen molar-refractivity contribution in [1.82, 2.24) is 4.90 Å². The third kappa shape index (κ3) is 3.92. The molecule has 0 saturated carbocycles. The number of aryl methyl sites for hydroxylation is 1. The zero-order valence-corrected chi connectivity index (χ0v) is 11.4. The summed E-state index contributed by atoms with van der Waals surface area (Å²) in [6, 6.07) is 5.31. The Morgan fingerprint density at radius 1 is 1.32 bits per heavy atom. The predicted octanol–water partition coefficient (Wildman–Crippen LogP) is 2.80. The van der Waals surface area contributed by atoms with E-state index in [1.807, 2.05) is 6.07 Å². The molecule has 1 aromatic rings. The number of nitro benzene ring substituents is 1. The minimum Gasteiger partial charge on any atom is -0.384 e. The normalized spacial score (nSPS) is 16.3. The summed E-state index contributed by atoms with van der Waals surface area (Å²) in [7, 11) is 0. The maximum atomic E-state index is 10.9. The van der Waals surface area contributed by atoms with Crippen molar-refractivity contribution in [1.29, 1.82) is 0 Å². The highest BCUT2D eigenvalue weighted by atomic mass is 16.6. The first kappa shape index (κ1) is 13.8. The van der Waals surface area contributed by atoms with Gasteiger partial charge in [-0.2, -0.15) is 0 Å². The third-order valence-electron chi connectivity index (χ3n) is 3.61.